The topological polar surface area (TPSA) is 23.6 Å². The lowest BCUT2D eigenvalue weighted by atomic mass is 10.1. The normalized spacial score (nSPS) is 15.2. The van der Waals surface area contributed by atoms with E-state index in [1.165, 1.54) is 11.6 Å². The smallest absolute Gasteiger partial charge is 0.368 e. The van der Waals surface area contributed by atoms with Crippen molar-refractivity contribution in [3.63, 3.8) is 0 Å². The Morgan fingerprint density at radius 1 is 1.00 bits per heavy atom. The molecule has 1 aliphatic rings. The number of para-hydroxylation sites is 1. The van der Waals surface area contributed by atoms with Gasteiger partial charge in [-0.1, -0.05) is 36.4 Å². The molecule has 3 nitrogen and oxygen atoms in total. The highest BCUT2D eigenvalue weighted by Gasteiger charge is 2.30. The predicted molar refractivity (Wildman–Crippen MR) is 95.1 cm³/mol. The summed E-state index contributed by atoms with van der Waals surface area (Å²) in [4.78, 5) is 16.4. The fourth-order valence-electron chi connectivity index (χ4n) is 3.26. The van der Waals surface area contributed by atoms with Crippen LogP contribution in [0.1, 0.15) is 16.7 Å². The maximum atomic E-state index is 12.8. The minimum Gasteiger partial charge on any atom is -0.368 e. The third-order valence-corrected chi connectivity index (χ3v) is 4.70. The van der Waals surface area contributed by atoms with Crippen molar-refractivity contribution in [2.24, 2.45) is 0 Å². The number of hydrogen-bond acceptors (Lipinski definition) is 2. The van der Waals surface area contributed by atoms with Crippen LogP contribution in [0.2, 0.25) is 0 Å². The summed E-state index contributed by atoms with van der Waals surface area (Å²) in [6.07, 6.45) is -4.40. The first-order valence-corrected chi connectivity index (χ1v) is 8.59. The highest BCUT2D eigenvalue weighted by atomic mass is 19.4. The number of hydrogen-bond donors (Lipinski definition) is 0. The molecule has 0 aliphatic carbocycles. The minimum absolute atomic E-state index is 0.00567. The Bertz CT molecular complexity index is 781. The van der Waals surface area contributed by atoms with Gasteiger partial charge in [-0.15, -0.1) is 0 Å². The fraction of sp³-hybridized carbons (Fsp3) is 0.350. The van der Waals surface area contributed by atoms with Crippen LogP contribution in [0.15, 0.2) is 48.5 Å². The summed E-state index contributed by atoms with van der Waals surface area (Å²) >= 11 is 0. The van der Waals surface area contributed by atoms with E-state index in [0.717, 1.165) is 30.9 Å². The predicted octanol–water partition coefficient (Wildman–Crippen LogP) is 3.91. The van der Waals surface area contributed by atoms with E-state index in [2.05, 4.69) is 24.0 Å². The summed E-state index contributed by atoms with van der Waals surface area (Å²) < 4.78 is 38.4. The molecule has 1 aliphatic heterocycles. The average Bonchev–Trinajstić information content (AvgIpc) is 2.62. The van der Waals surface area contributed by atoms with Crippen molar-refractivity contribution in [3.05, 3.63) is 65.2 Å². The second-order valence-corrected chi connectivity index (χ2v) is 6.53. The van der Waals surface area contributed by atoms with E-state index in [1.807, 2.05) is 12.1 Å². The molecule has 0 aromatic heterocycles. The molecule has 6 heteroatoms. The number of piperazine rings is 1. The summed E-state index contributed by atoms with van der Waals surface area (Å²) in [5.74, 6) is -0.131. The van der Waals surface area contributed by atoms with Crippen LogP contribution in [0.5, 0.6) is 0 Å². The van der Waals surface area contributed by atoms with E-state index >= 15 is 0 Å². The number of nitrogens with zero attached hydrogens (tertiary/aromatic N) is 2. The van der Waals surface area contributed by atoms with Crippen LogP contribution >= 0.6 is 0 Å². The molecule has 2 aromatic rings. The maximum absolute atomic E-state index is 12.8. The Kier molecular flexibility index (Phi) is 5.20. The molecule has 1 amide bonds. The third-order valence-electron chi connectivity index (χ3n) is 4.70. The van der Waals surface area contributed by atoms with Crippen LogP contribution in [-0.4, -0.2) is 37.0 Å². The molecule has 1 heterocycles. The summed E-state index contributed by atoms with van der Waals surface area (Å²) in [5, 5.41) is 0. The molecule has 0 atom stereocenters. The van der Waals surface area contributed by atoms with Gasteiger partial charge in [-0.25, -0.2) is 0 Å². The maximum Gasteiger partial charge on any atom is 0.416 e. The molecule has 3 rings (SSSR count). The Hall–Kier alpha value is -2.50. The van der Waals surface area contributed by atoms with Crippen LogP contribution in [0, 0.1) is 6.92 Å². The van der Waals surface area contributed by atoms with Crippen molar-refractivity contribution in [2.45, 2.75) is 19.5 Å². The molecule has 0 unspecified atom stereocenters. The van der Waals surface area contributed by atoms with Gasteiger partial charge in [0, 0.05) is 31.9 Å². The molecular formula is C20H21F3N2O. The van der Waals surface area contributed by atoms with Crippen molar-refractivity contribution in [2.75, 3.05) is 31.1 Å². The van der Waals surface area contributed by atoms with E-state index in [1.54, 1.807) is 11.0 Å². The molecule has 0 radical (unpaired) electrons. The van der Waals surface area contributed by atoms with Gasteiger partial charge in [0.05, 0.1) is 12.0 Å². The number of anilines is 1. The van der Waals surface area contributed by atoms with E-state index in [4.69, 9.17) is 0 Å². The molecule has 138 valence electrons. The van der Waals surface area contributed by atoms with Gasteiger partial charge in [-0.3, -0.25) is 4.79 Å². The second kappa shape index (κ2) is 7.40. The number of amides is 1. The molecule has 0 saturated carbocycles. The average molecular weight is 362 g/mol. The molecule has 0 N–H and O–H groups in total. The molecule has 0 spiro atoms. The Balaban J connectivity index is 1.60. The second-order valence-electron chi connectivity index (χ2n) is 6.53. The standard InChI is InChI=1S/C20H21F3N2O/c1-15-5-2-3-8-18(15)24-9-11-25(12-10-24)19(26)14-16-6-4-7-17(13-16)20(21,22)23/h2-8,13H,9-12,14H2,1H3. The monoisotopic (exact) mass is 362 g/mol. The summed E-state index contributed by atoms with van der Waals surface area (Å²) in [7, 11) is 0. The molecular weight excluding hydrogens is 341 g/mol. The van der Waals surface area contributed by atoms with Gasteiger partial charge in [0.2, 0.25) is 5.91 Å². The zero-order valence-corrected chi connectivity index (χ0v) is 14.6. The van der Waals surface area contributed by atoms with Gasteiger partial charge in [0.1, 0.15) is 0 Å². The van der Waals surface area contributed by atoms with Crippen LogP contribution in [-0.2, 0) is 17.4 Å². The summed E-state index contributed by atoms with van der Waals surface area (Å²) in [5.41, 5.74) is 2.03. The lowest BCUT2D eigenvalue weighted by molar-refractivity contribution is -0.138. The zero-order chi connectivity index (χ0) is 18.7. The van der Waals surface area contributed by atoms with Crippen molar-refractivity contribution < 1.29 is 18.0 Å². The number of carbonyl (C=O) groups excluding carboxylic acids is 1. The Morgan fingerprint density at radius 2 is 1.69 bits per heavy atom. The Morgan fingerprint density at radius 3 is 2.35 bits per heavy atom. The molecule has 2 aromatic carbocycles. The lowest BCUT2D eigenvalue weighted by Gasteiger charge is -2.37. The number of aryl methyl sites for hydroxylation is 1. The van der Waals surface area contributed by atoms with E-state index in [9.17, 15) is 18.0 Å². The molecule has 1 saturated heterocycles. The number of rotatable bonds is 3. The van der Waals surface area contributed by atoms with E-state index in [-0.39, 0.29) is 12.3 Å². The first-order chi connectivity index (χ1) is 12.3. The lowest BCUT2D eigenvalue weighted by Crippen LogP contribution is -2.49. The highest BCUT2D eigenvalue weighted by Crippen LogP contribution is 2.29. The first kappa shape index (κ1) is 18.3. The Labute approximate surface area is 151 Å². The fourth-order valence-corrected chi connectivity index (χ4v) is 3.26. The van der Waals surface area contributed by atoms with Crippen molar-refractivity contribution in [1.29, 1.82) is 0 Å². The van der Waals surface area contributed by atoms with Gasteiger partial charge in [-0.05, 0) is 30.2 Å². The zero-order valence-electron chi connectivity index (χ0n) is 14.6. The highest BCUT2D eigenvalue weighted by molar-refractivity contribution is 5.79. The number of benzene rings is 2. The van der Waals surface area contributed by atoms with Crippen molar-refractivity contribution >= 4 is 11.6 Å². The van der Waals surface area contributed by atoms with Gasteiger partial charge in [0.15, 0.2) is 0 Å². The van der Waals surface area contributed by atoms with Crippen LogP contribution in [0.4, 0.5) is 18.9 Å². The minimum atomic E-state index is -4.39. The molecule has 0 bridgehead atoms. The number of carbonyl (C=O) groups is 1. The molecule has 26 heavy (non-hydrogen) atoms. The van der Waals surface area contributed by atoms with Gasteiger partial charge in [0.25, 0.3) is 0 Å². The van der Waals surface area contributed by atoms with Gasteiger partial charge >= 0.3 is 6.18 Å². The van der Waals surface area contributed by atoms with Gasteiger partial charge < -0.3 is 9.80 Å². The SMILES string of the molecule is Cc1ccccc1N1CCN(C(=O)Cc2cccc(C(F)(F)F)c2)CC1. The van der Waals surface area contributed by atoms with Crippen LogP contribution in [0.3, 0.4) is 0 Å². The van der Waals surface area contributed by atoms with E-state index < -0.39 is 11.7 Å². The third kappa shape index (κ3) is 4.18. The van der Waals surface area contributed by atoms with E-state index in [0.29, 0.717) is 18.7 Å². The summed E-state index contributed by atoms with van der Waals surface area (Å²) in [6.45, 7) is 4.65. The first-order valence-electron chi connectivity index (χ1n) is 8.59. The molecule has 1 fully saturated rings. The van der Waals surface area contributed by atoms with Crippen LogP contribution < -0.4 is 4.90 Å². The van der Waals surface area contributed by atoms with Gasteiger partial charge in [-0.2, -0.15) is 13.2 Å². The van der Waals surface area contributed by atoms with Crippen molar-refractivity contribution in [3.8, 4) is 0 Å². The number of halogens is 3. The van der Waals surface area contributed by atoms with Crippen LogP contribution in [0.25, 0.3) is 0 Å². The quantitative estimate of drug-likeness (QED) is 0.827. The number of alkyl halides is 3. The largest absolute Gasteiger partial charge is 0.416 e. The summed E-state index contributed by atoms with van der Waals surface area (Å²) in [6, 6.07) is 13.1. The van der Waals surface area contributed by atoms with Crippen molar-refractivity contribution in [1.82, 2.24) is 4.90 Å².